The molecular weight excluding hydrogens is 358 g/mol. The number of rotatable bonds is 5. The second-order valence-corrected chi connectivity index (χ2v) is 5.81. The van der Waals surface area contributed by atoms with Crippen molar-refractivity contribution in [2.75, 3.05) is 11.9 Å². The van der Waals surface area contributed by atoms with Crippen LogP contribution in [0.15, 0.2) is 40.9 Å². The summed E-state index contributed by atoms with van der Waals surface area (Å²) in [4.78, 5) is 0.323. The Morgan fingerprint density at radius 1 is 1.14 bits per heavy atom. The molecule has 0 atom stereocenters. The maximum absolute atomic E-state index is 13.1. The standard InChI is InChI=1S/C15H13BrF2N2S/c16-14-8-12(1-2-13(14)15(19)21)20-4-3-9-5-10(17)7-11(18)6-9/h1-2,5-8,20H,3-4H2,(H2,19,21). The average molecular weight is 371 g/mol. The number of halogens is 3. The molecule has 0 aliphatic rings. The number of anilines is 1. The van der Waals surface area contributed by atoms with E-state index in [2.05, 4.69) is 21.2 Å². The number of benzene rings is 2. The van der Waals surface area contributed by atoms with Gasteiger partial charge in [0.25, 0.3) is 0 Å². The Kier molecular flexibility index (Phi) is 5.25. The van der Waals surface area contributed by atoms with Crippen molar-refractivity contribution in [3.8, 4) is 0 Å². The molecule has 0 aromatic heterocycles. The zero-order valence-corrected chi connectivity index (χ0v) is 13.4. The molecule has 0 amide bonds. The van der Waals surface area contributed by atoms with Gasteiger partial charge in [-0.25, -0.2) is 8.78 Å². The molecule has 0 aliphatic heterocycles. The highest BCUT2D eigenvalue weighted by atomic mass is 79.9. The lowest BCUT2D eigenvalue weighted by Crippen LogP contribution is -2.11. The van der Waals surface area contributed by atoms with E-state index >= 15 is 0 Å². The minimum absolute atomic E-state index is 0.323. The van der Waals surface area contributed by atoms with Gasteiger partial charge in [0.1, 0.15) is 16.6 Å². The summed E-state index contributed by atoms with van der Waals surface area (Å²) in [5.41, 5.74) is 7.83. The predicted octanol–water partition coefficient (Wildman–Crippen LogP) is 4.02. The Bertz CT molecular complexity index is 656. The largest absolute Gasteiger partial charge is 0.389 e. The van der Waals surface area contributed by atoms with Crippen molar-refractivity contribution in [1.29, 1.82) is 0 Å². The van der Waals surface area contributed by atoms with Crippen LogP contribution in [0.25, 0.3) is 0 Å². The van der Waals surface area contributed by atoms with Gasteiger partial charge in [0.2, 0.25) is 0 Å². The van der Waals surface area contributed by atoms with E-state index in [4.69, 9.17) is 18.0 Å². The number of thiocarbonyl (C=S) groups is 1. The quantitative estimate of drug-likeness (QED) is 0.780. The Morgan fingerprint density at radius 3 is 2.38 bits per heavy atom. The van der Waals surface area contributed by atoms with Crippen molar-refractivity contribution in [3.05, 3.63) is 63.6 Å². The Balaban J connectivity index is 1.97. The van der Waals surface area contributed by atoms with Gasteiger partial charge < -0.3 is 11.1 Å². The fourth-order valence-electron chi connectivity index (χ4n) is 1.93. The maximum Gasteiger partial charge on any atom is 0.126 e. The molecule has 2 aromatic carbocycles. The monoisotopic (exact) mass is 370 g/mol. The minimum atomic E-state index is -0.562. The van der Waals surface area contributed by atoms with Crippen LogP contribution >= 0.6 is 28.1 Å². The summed E-state index contributed by atoms with van der Waals surface area (Å²) >= 11 is 8.32. The summed E-state index contributed by atoms with van der Waals surface area (Å²) < 4.78 is 26.9. The van der Waals surface area contributed by atoms with Crippen molar-refractivity contribution in [2.45, 2.75) is 6.42 Å². The molecule has 3 N–H and O–H groups in total. The van der Waals surface area contributed by atoms with E-state index < -0.39 is 11.6 Å². The van der Waals surface area contributed by atoms with Crippen LogP contribution in [-0.2, 0) is 6.42 Å². The molecule has 0 saturated carbocycles. The van der Waals surface area contributed by atoms with E-state index in [1.54, 1.807) is 0 Å². The summed E-state index contributed by atoms with van der Waals surface area (Å²) in [6, 6.07) is 9.05. The molecule has 0 saturated heterocycles. The van der Waals surface area contributed by atoms with Crippen molar-refractivity contribution in [3.63, 3.8) is 0 Å². The van der Waals surface area contributed by atoms with E-state index in [-0.39, 0.29) is 0 Å². The molecule has 21 heavy (non-hydrogen) atoms. The molecule has 0 spiro atoms. The van der Waals surface area contributed by atoms with E-state index in [1.807, 2.05) is 18.2 Å². The fraction of sp³-hybridized carbons (Fsp3) is 0.133. The van der Waals surface area contributed by atoms with Gasteiger partial charge in [-0.05, 0) is 58.2 Å². The van der Waals surface area contributed by atoms with E-state index in [0.717, 1.165) is 21.8 Å². The van der Waals surface area contributed by atoms with E-state index in [9.17, 15) is 8.78 Å². The predicted molar refractivity (Wildman–Crippen MR) is 88.6 cm³/mol. The average Bonchev–Trinajstić information content (AvgIpc) is 2.37. The summed E-state index contributed by atoms with van der Waals surface area (Å²) in [5.74, 6) is -1.12. The molecule has 6 heteroatoms. The van der Waals surface area contributed by atoms with Crippen LogP contribution < -0.4 is 11.1 Å². The molecule has 0 heterocycles. The minimum Gasteiger partial charge on any atom is -0.389 e. The van der Waals surface area contributed by atoms with Crippen LogP contribution in [0, 0.1) is 11.6 Å². The van der Waals surface area contributed by atoms with Crippen molar-refractivity contribution in [1.82, 2.24) is 0 Å². The van der Waals surface area contributed by atoms with Gasteiger partial charge >= 0.3 is 0 Å². The Morgan fingerprint density at radius 2 is 1.81 bits per heavy atom. The summed E-state index contributed by atoms with van der Waals surface area (Å²) in [6.45, 7) is 0.557. The number of hydrogen-bond acceptors (Lipinski definition) is 2. The van der Waals surface area contributed by atoms with Gasteiger partial charge in [-0.2, -0.15) is 0 Å². The highest BCUT2D eigenvalue weighted by molar-refractivity contribution is 9.10. The molecule has 0 radical (unpaired) electrons. The lowest BCUT2D eigenvalue weighted by Gasteiger charge is -2.09. The fourth-order valence-corrected chi connectivity index (χ4v) is 2.83. The molecule has 0 bridgehead atoms. The smallest absolute Gasteiger partial charge is 0.126 e. The zero-order chi connectivity index (χ0) is 15.4. The molecule has 0 fully saturated rings. The van der Waals surface area contributed by atoms with Crippen molar-refractivity contribution in [2.24, 2.45) is 5.73 Å². The summed E-state index contributed by atoms with van der Waals surface area (Å²) in [6.07, 6.45) is 0.517. The first-order chi connectivity index (χ1) is 9.95. The van der Waals surface area contributed by atoms with E-state index in [1.165, 1.54) is 12.1 Å². The third-order valence-corrected chi connectivity index (χ3v) is 3.78. The van der Waals surface area contributed by atoms with Crippen LogP contribution in [0.5, 0.6) is 0 Å². The number of nitrogens with two attached hydrogens (primary N) is 1. The first-order valence-corrected chi connectivity index (χ1v) is 7.44. The van der Waals surface area contributed by atoms with Gasteiger partial charge in [-0.15, -0.1) is 0 Å². The highest BCUT2D eigenvalue weighted by Gasteiger charge is 2.04. The van der Waals surface area contributed by atoms with Crippen LogP contribution in [0.3, 0.4) is 0 Å². The topological polar surface area (TPSA) is 38.0 Å². The molecule has 2 nitrogen and oxygen atoms in total. The summed E-state index contributed by atoms with van der Waals surface area (Å²) in [7, 11) is 0. The lowest BCUT2D eigenvalue weighted by molar-refractivity contribution is 0.580. The van der Waals surface area contributed by atoms with Gasteiger partial charge in [0, 0.05) is 28.3 Å². The molecular formula is C15H13BrF2N2S. The van der Waals surface area contributed by atoms with Crippen LogP contribution in [-0.4, -0.2) is 11.5 Å². The first-order valence-electron chi connectivity index (χ1n) is 6.24. The van der Waals surface area contributed by atoms with Crippen LogP contribution in [0.1, 0.15) is 11.1 Å². The van der Waals surface area contributed by atoms with E-state index in [0.29, 0.717) is 23.5 Å². The second-order valence-electron chi connectivity index (χ2n) is 4.51. The van der Waals surface area contributed by atoms with Gasteiger partial charge in [0.15, 0.2) is 0 Å². The van der Waals surface area contributed by atoms with Crippen molar-refractivity contribution >= 4 is 38.8 Å². The third kappa shape index (κ3) is 4.47. The molecule has 0 unspecified atom stereocenters. The van der Waals surface area contributed by atoms with Gasteiger partial charge in [0.05, 0.1) is 0 Å². The van der Waals surface area contributed by atoms with Gasteiger partial charge in [-0.3, -0.25) is 0 Å². The normalized spacial score (nSPS) is 10.4. The summed E-state index contributed by atoms with van der Waals surface area (Å²) in [5, 5.41) is 3.18. The van der Waals surface area contributed by atoms with Crippen LogP contribution in [0.2, 0.25) is 0 Å². The molecule has 110 valence electrons. The third-order valence-electron chi connectivity index (χ3n) is 2.90. The molecule has 0 aliphatic carbocycles. The zero-order valence-electron chi connectivity index (χ0n) is 11.0. The first kappa shape index (κ1) is 15.9. The molecule has 2 aromatic rings. The SMILES string of the molecule is NC(=S)c1ccc(NCCc2cc(F)cc(F)c2)cc1Br. The Labute approximate surface area is 135 Å². The Hall–Kier alpha value is -1.53. The number of hydrogen-bond donors (Lipinski definition) is 2. The van der Waals surface area contributed by atoms with Crippen molar-refractivity contribution < 1.29 is 8.78 Å². The molecule has 2 rings (SSSR count). The number of nitrogens with one attached hydrogen (secondary N) is 1. The maximum atomic E-state index is 13.1. The van der Waals surface area contributed by atoms with Crippen LogP contribution in [0.4, 0.5) is 14.5 Å². The lowest BCUT2D eigenvalue weighted by atomic mass is 10.1. The highest BCUT2D eigenvalue weighted by Crippen LogP contribution is 2.21. The van der Waals surface area contributed by atoms with Gasteiger partial charge in [-0.1, -0.05) is 12.2 Å². The second kappa shape index (κ2) is 6.95.